The first kappa shape index (κ1) is 24.3. The molecule has 1 aliphatic heterocycles. The number of rotatable bonds is 9. The minimum atomic E-state index is -0.126. The van der Waals surface area contributed by atoms with Gasteiger partial charge in [-0.25, -0.2) is 0 Å². The number of aryl methyl sites for hydroxylation is 1. The molecule has 0 saturated heterocycles. The van der Waals surface area contributed by atoms with Gasteiger partial charge in [0.25, 0.3) is 0 Å². The summed E-state index contributed by atoms with van der Waals surface area (Å²) in [7, 11) is 0. The normalized spacial score (nSPS) is 19.3. The van der Waals surface area contributed by atoms with Crippen molar-refractivity contribution in [2.75, 3.05) is 0 Å². The first-order chi connectivity index (χ1) is 14.1. The van der Waals surface area contributed by atoms with Crippen molar-refractivity contribution < 1.29 is 9.84 Å². The number of fused-ring (bicyclic) bond motifs is 1. The molecule has 1 heterocycles. The highest BCUT2D eigenvalue weighted by molar-refractivity contribution is 5.53. The summed E-state index contributed by atoms with van der Waals surface area (Å²) in [5.74, 6) is 1.38. The summed E-state index contributed by atoms with van der Waals surface area (Å²) >= 11 is 0. The summed E-state index contributed by atoms with van der Waals surface area (Å²) in [6.07, 6.45) is 15.8. The smallest absolute Gasteiger partial charge is 0.126 e. The molecule has 30 heavy (non-hydrogen) atoms. The summed E-state index contributed by atoms with van der Waals surface area (Å²) in [6, 6.07) is 1.89. The van der Waals surface area contributed by atoms with Gasteiger partial charge in [-0.2, -0.15) is 0 Å². The van der Waals surface area contributed by atoms with Crippen LogP contribution in [0.2, 0.25) is 0 Å². The van der Waals surface area contributed by atoms with Crippen LogP contribution in [-0.4, -0.2) is 10.7 Å². The van der Waals surface area contributed by atoms with Gasteiger partial charge in [0.05, 0.1) is 0 Å². The Hall–Kier alpha value is -1.96. The van der Waals surface area contributed by atoms with Gasteiger partial charge in [-0.1, -0.05) is 34.9 Å². The van der Waals surface area contributed by atoms with Gasteiger partial charge in [-0.3, -0.25) is 0 Å². The van der Waals surface area contributed by atoms with Crippen molar-refractivity contribution in [2.24, 2.45) is 0 Å². The third-order valence-electron chi connectivity index (χ3n) is 6.45. The number of benzene rings is 1. The summed E-state index contributed by atoms with van der Waals surface area (Å²) < 4.78 is 6.48. The Morgan fingerprint density at radius 1 is 0.967 bits per heavy atom. The summed E-state index contributed by atoms with van der Waals surface area (Å²) in [5.41, 5.74) is 7.40. The number of ether oxygens (including phenoxy) is 1. The predicted molar refractivity (Wildman–Crippen MR) is 130 cm³/mol. The molecular weight excluding hydrogens is 368 g/mol. The van der Waals surface area contributed by atoms with E-state index < -0.39 is 0 Å². The Morgan fingerprint density at radius 3 is 2.20 bits per heavy atom. The lowest BCUT2D eigenvalue weighted by Crippen LogP contribution is -2.36. The molecule has 0 spiro atoms. The Labute approximate surface area is 184 Å². The Bertz CT molecular complexity index is 822. The third kappa shape index (κ3) is 7.07. The molecule has 1 aliphatic rings. The zero-order chi connectivity index (χ0) is 22.3. The van der Waals surface area contributed by atoms with Crippen LogP contribution in [0.3, 0.4) is 0 Å². The van der Waals surface area contributed by atoms with Gasteiger partial charge in [0.1, 0.15) is 17.1 Å². The molecular formula is C28H42O2. The molecule has 0 aromatic heterocycles. The van der Waals surface area contributed by atoms with Gasteiger partial charge in [-0.15, -0.1) is 0 Å². The molecule has 1 aromatic carbocycles. The van der Waals surface area contributed by atoms with E-state index in [0.717, 1.165) is 67.4 Å². The Morgan fingerprint density at radius 2 is 1.57 bits per heavy atom. The average Bonchev–Trinajstić information content (AvgIpc) is 2.67. The van der Waals surface area contributed by atoms with Crippen molar-refractivity contribution in [1.82, 2.24) is 0 Å². The highest BCUT2D eigenvalue weighted by atomic mass is 16.5. The number of hydrogen-bond acceptors (Lipinski definition) is 2. The summed E-state index contributed by atoms with van der Waals surface area (Å²) in [5, 5.41) is 10.1. The van der Waals surface area contributed by atoms with Crippen LogP contribution in [0.25, 0.3) is 0 Å². The van der Waals surface area contributed by atoms with Crippen molar-refractivity contribution >= 4 is 0 Å². The quantitative estimate of drug-likeness (QED) is 0.415. The van der Waals surface area contributed by atoms with Crippen molar-refractivity contribution in [2.45, 2.75) is 105 Å². The van der Waals surface area contributed by atoms with E-state index in [2.05, 4.69) is 59.8 Å². The van der Waals surface area contributed by atoms with Crippen molar-refractivity contribution in [3.05, 3.63) is 57.7 Å². The molecule has 0 radical (unpaired) electrons. The summed E-state index contributed by atoms with van der Waals surface area (Å²) in [4.78, 5) is 0. The number of phenolic OH excluding ortho intramolecular Hbond substituents is 1. The molecule has 1 aromatic rings. The van der Waals surface area contributed by atoms with Gasteiger partial charge in [0.2, 0.25) is 0 Å². The van der Waals surface area contributed by atoms with E-state index in [4.69, 9.17) is 4.74 Å². The van der Waals surface area contributed by atoms with Gasteiger partial charge in [0.15, 0.2) is 0 Å². The van der Waals surface area contributed by atoms with Crippen LogP contribution in [0.5, 0.6) is 11.5 Å². The van der Waals surface area contributed by atoms with E-state index in [1.54, 1.807) is 0 Å². The zero-order valence-electron chi connectivity index (χ0n) is 20.3. The van der Waals surface area contributed by atoms with E-state index in [0.29, 0.717) is 5.75 Å². The molecule has 1 atom stereocenters. The molecule has 0 aliphatic carbocycles. The van der Waals surface area contributed by atoms with Gasteiger partial charge in [-0.05, 0) is 123 Å². The number of hydrogen-bond donors (Lipinski definition) is 1. The van der Waals surface area contributed by atoms with Crippen LogP contribution in [0, 0.1) is 13.8 Å². The van der Waals surface area contributed by atoms with Crippen LogP contribution in [0.15, 0.2) is 41.0 Å². The number of aromatic hydroxyl groups is 1. The average molecular weight is 411 g/mol. The topological polar surface area (TPSA) is 29.5 Å². The number of phenols is 1. The van der Waals surface area contributed by atoms with E-state index in [1.165, 1.54) is 23.1 Å². The molecule has 2 nitrogen and oxygen atoms in total. The maximum Gasteiger partial charge on any atom is 0.126 e. The Balaban J connectivity index is 1.83. The monoisotopic (exact) mass is 410 g/mol. The van der Waals surface area contributed by atoms with Crippen LogP contribution in [0.4, 0.5) is 0 Å². The molecule has 0 saturated carbocycles. The molecule has 2 rings (SSSR count). The lowest BCUT2D eigenvalue weighted by atomic mass is 9.87. The minimum absolute atomic E-state index is 0.126. The summed E-state index contributed by atoms with van der Waals surface area (Å²) in [6.45, 7) is 15.1. The van der Waals surface area contributed by atoms with Crippen LogP contribution in [0.1, 0.15) is 96.3 Å². The van der Waals surface area contributed by atoms with Gasteiger partial charge < -0.3 is 9.84 Å². The second-order valence-electron chi connectivity index (χ2n) is 9.68. The molecule has 0 amide bonds. The second-order valence-corrected chi connectivity index (χ2v) is 9.68. The molecule has 2 heteroatoms. The van der Waals surface area contributed by atoms with E-state index in [9.17, 15) is 5.11 Å². The fourth-order valence-corrected chi connectivity index (χ4v) is 4.11. The van der Waals surface area contributed by atoms with Gasteiger partial charge >= 0.3 is 0 Å². The fourth-order valence-electron chi connectivity index (χ4n) is 4.11. The maximum atomic E-state index is 10.1. The van der Waals surface area contributed by atoms with Crippen LogP contribution < -0.4 is 4.74 Å². The maximum absolute atomic E-state index is 10.1. The standard InChI is InChI=1S/C28H42O2/c1-20(2)11-8-12-21(3)13-9-14-22(4)15-10-17-28(7)18-16-25-19-26(29)23(5)24(6)27(25)30-28/h11,13,15,19,29H,8-10,12,14,16-18H2,1-7H3/b21-13+,22-15+/t28-/m0/s1. The first-order valence-electron chi connectivity index (χ1n) is 11.6. The van der Waals surface area contributed by atoms with E-state index >= 15 is 0 Å². The van der Waals surface area contributed by atoms with Crippen LogP contribution in [-0.2, 0) is 6.42 Å². The second kappa shape index (κ2) is 10.9. The first-order valence-corrected chi connectivity index (χ1v) is 11.6. The molecule has 0 bridgehead atoms. The predicted octanol–water partition coefficient (Wildman–Crippen LogP) is 8.29. The molecule has 166 valence electrons. The Kier molecular flexibility index (Phi) is 8.82. The molecule has 0 fully saturated rings. The largest absolute Gasteiger partial charge is 0.508 e. The van der Waals surface area contributed by atoms with Crippen molar-refractivity contribution in [3.63, 3.8) is 0 Å². The molecule has 0 unspecified atom stereocenters. The lowest BCUT2D eigenvalue weighted by Gasteiger charge is -2.37. The lowest BCUT2D eigenvalue weighted by molar-refractivity contribution is 0.0560. The van der Waals surface area contributed by atoms with Gasteiger partial charge in [0, 0.05) is 0 Å². The highest BCUT2D eigenvalue weighted by Gasteiger charge is 2.32. The third-order valence-corrected chi connectivity index (χ3v) is 6.45. The fraction of sp³-hybridized carbons (Fsp3) is 0.571. The highest BCUT2D eigenvalue weighted by Crippen LogP contribution is 2.41. The zero-order valence-corrected chi connectivity index (χ0v) is 20.3. The number of allylic oxidation sites excluding steroid dienone is 6. The van der Waals surface area contributed by atoms with Crippen molar-refractivity contribution in [1.29, 1.82) is 0 Å². The molecule has 1 N–H and O–H groups in total. The SMILES string of the molecule is CC(C)=CCC/C(C)=C/CC/C(C)=C/CC[C@@]1(C)CCc2cc(O)c(C)c(C)c2O1. The van der Waals surface area contributed by atoms with E-state index in [1.807, 2.05) is 13.0 Å². The van der Waals surface area contributed by atoms with E-state index in [-0.39, 0.29) is 5.60 Å². The minimum Gasteiger partial charge on any atom is -0.508 e. The van der Waals surface area contributed by atoms with Crippen molar-refractivity contribution in [3.8, 4) is 11.5 Å². The van der Waals surface area contributed by atoms with Crippen LogP contribution >= 0.6 is 0 Å².